The number of hydrogen-bond acceptors (Lipinski definition) is 5. The van der Waals surface area contributed by atoms with E-state index in [4.69, 9.17) is 9.47 Å². The maximum absolute atomic E-state index is 11.9. The minimum absolute atomic E-state index is 0.0168. The Morgan fingerprint density at radius 1 is 1.24 bits per heavy atom. The zero-order valence-corrected chi connectivity index (χ0v) is 12.5. The highest BCUT2D eigenvalue weighted by molar-refractivity contribution is 5.78. The van der Waals surface area contributed by atoms with Gasteiger partial charge in [-0.05, 0) is 30.5 Å². The monoisotopic (exact) mass is 294 g/mol. The number of aromatic hydroxyl groups is 1. The quantitative estimate of drug-likeness (QED) is 0.823. The lowest BCUT2D eigenvalue weighted by atomic mass is 10.2. The van der Waals surface area contributed by atoms with Crippen molar-refractivity contribution in [3.63, 3.8) is 0 Å². The number of amides is 1. The molecule has 1 amide bonds. The standard InChI is InChI=1S/C15H22N2O4/c1-20-12-7-11(8-13(21-2)15(12)19)9-16-10-14(18)17-5-3-4-6-17/h7-8,16,19H,3-6,9-10H2,1-2H3. The van der Waals surface area contributed by atoms with Crippen LogP contribution in [0.1, 0.15) is 18.4 Å². The second-order valence-corrected chi connectivity index (χ2v) is 5.04. The van der Waals surface area contributed by atoms with E-state index in [0.29, 0.717) is 24.6 Å². The topological polar surface area (TPSA) is 71.0 Å². The van der Waals surface area contributed by atoms with E-state index in [1.165, 1.54) is 14.2 Å². The van der Waals surface area contributed by atoms with Gasteiger partial charge in [0.2, 0.25) is 11.7 Å². The second kappa shape index (κ2) is 7.17. The average molecular weight is 294 g/mol. The summed E-state index contributed by atoms with van der Waals surface area (Å²) in [6, 6.07) is 3.45. The normalized spacial score (nSPS) is 14.3. The Kier molecular flexibility index (Phi) is 5.27. The number of benzene rings is 1. The summed E-state index contributed by atoms with van der Waals surface area (Å²) in [5.74, 6) is 0.830. The summed E-state index contributed by atoms with van der Waals surface area (Å²) in [6.07, 6.45) is 2.19. The number of methoxy groups -OCH3 is 2. The van der Waals surface area contributed by atoms with Crippen molar-refractivity contribution in [3.8, 4) is 17.2 Å². The smallest absolute Gasteiger partial charge is 0.236 e. The van der Waals surface area contributed by atoms with Crippen LogP contribution >= 0.6 is 0 Å². The third-order valence-electron chi connectivity index (χ3n) is 3.60. The van der Waals surface area contributed by atoms with Crippen molar-refractivity contribution in [2.45, 2.75) is 19.4 Å². The van der Waals surface area contributed by atoms with Crippen LogP contribution in [0.3, 0.4) is 0 Å². The summed E-state index contributed by atoms with van der Waals surface area (Å²) in [5.41, 5.74) is 0.885. The van der Waals surface area contributed by atoms with Crippen LogP contribution in [0.2, 0.25) is 0 Å². The summed E-state index contributed by atoms with van der Waals surface area (Å²) in [5, 5.41) is 13.0. The number of nitrogens with zero attached hydrogens (tertiary/aromatic N) is 1. The number of likely N-dealkylation sites (tertiary alicyclic amines) is 1. The molecule has 0 aliphatic carbocycles. The maximum Gasteiger partial charge on any atom is 0.236 e. The van der Waals surface area contributed by atoms with Gasteiger partial charge in [0.15, 0.2) is 11.5 Å². The molecule has 1 aromatic rings. The van der Waals surface area contributed by atoms with Gasteiger partial charge in [0.1, 0.15) is 0 Å². The highest BCUT2D eigenvalue weighted by Gasteiger charge is 2.17. The molecule has 1 saturated heterocycles. The van der Waals surface area contributed by atoms with Crippen molar-refractivity contribution in [2.75, 3.05) is 33.9 Å². The van der Waals surface area contributed by atoms with Gasteiger partial charge >= 0.3 is 0 Å². The number of carbonyl (C=O) groups excluding carboxylic acids is 1. The van der Waals surface area contributed by atoms with Crippen molar-refractivity contribution >= 4 is 5.91 Å². The van der Waals surface area contributed by atoms with E-state index in [1.807, 2.05) is 4.90 Å². The van der Waals surface area contributed by atoms with E-state index in [2.05, 4.69) is 5.32 Å². The number of carbonyl (C=O) groups is 1. The average Bonchev–Trinajstić information content (AvgIpc) is 3.02. The molecule has 0 atom stereocenters. The molecule has 6 nitrogen and oxygen atoms in total. The van der Waals surface area contributed by atoms with Crippen molar-refractivity contribution < 1.29 is 19.4 Å². The molecule has 6 heteroatoms. The Morgan fingerprint density at radius 3 is 2.33 bits per heavy atom. The van der Waals surface area contributed by atoms with Crippen molar-refractivity contribution in [1.82, 2.24) is 10.2 Å². The molecule has 0 bridgehead atoms. The largest absolute Gasteiger partial charge is 0.502 e. The summed E-state index contributed by atoms with van der Waals surface area (Å²) in [4.78, 5) is 13.8. The Hall–Kier alpha value is -1.95. The Labute approximate surface area is 124 Å². The Morgan fingerprint density at radius 2 is 1.81 bits per heavy atom. The molecular formula is C15H22N2O4. The molecule has 1 fully saturated rings. The molecule has 21 heavy (non-hydrogen) atoms. The van der Waals surface area contributed by atoms with Crippen LogP contribution in [-0.2, 0) is 11.3 Å². The predicted octanol–water partition coefficient (Wildman–Crippen LogP) is 1.12. The molecule has 0 radical (unpaired) electrons. The van der Waals surface area contributed by atoms with Crippen molar-refractivity contribution in [3.05, 3.63) is 17.7 Å². The zero-order chi connectivity index (χ0) is 15.2. The molecule has 1 aliphatic heterocycles. The SMILES string of the molecule is COc1cc(CNCC(=O)N2CCCC2)cc(OC)c1O. The third kappa shape index (κ3) is 3.78. The first kappa shape index (κ1) is 15.4. The van der Waals surface area contributed by atoms with Crippen LogP contribution in [0.15, 0.2) is 12.1 Å². The summed E-state index contributed by atoms with van der Waals surface area (Å²) >= 11 is 0. The fourth-order valence-corrected chi connectivity index (χ4v) is 2.44. The first-order valence-electron chi connectivity index (χ1n) is 7.08. The summed E-state index contributed by atoms with van der Waals surface area (Å²) < 4.78 is 10.2. The molecule has 2 N–H and O–H groups in total. The minimum Gasteiger partial charge on any atom is -0.502 e. The van der Waals surface area contributed by atoms with E-state index in [9.17, 15) is 9.90 Å². The Balaban J connectivity index is 1.92. The van der Waals surface area contributed by atoms with Crippen molar-refractivity contribution in [2.24, 2.45) is 0 Å². The highest BCUT2D eigenvalue weighted by Crippen LogP contribution is 2.36. The van der Waals surface area contributed by atoms with Gasteiger partial charge in [0, 0.05) is 19.6 Å². The third-order valence-corrected chi connectivity index (χ3v) is 3.60. The van der Waals surface area contributed by atoms with Gasteiger partial charge in [-0.2, -0.15) is 0 Å². The molecule has 1 aliphatic rings. The van der Waals surface area contributed by atoms with Gasteiger partial charge in [0.05, 0.1) is 20.8 Å². The molecular weight excluding hydrogens is 272 g/mol. The number of ether oxygens (including phenoxy) is 2. The van der Waals surface area contributed by atoms with Gasteiger partial charge in [-0.1, -0.05) is 0 Å². The molecule has 0 aromatic heterocycles. The zero-order valence-electron chi connectivity index (χ0n) is 12.5. The summed E-state index contributed by atoms with van der Waals surface area (Å²) in [7, 11) is 2.98. The number of rotatable bonds is 6. The van der Waals surface area contributed by atoms with Crippen LogP contribution < -0.4 is 14.8 Å². The first-order chi connectivity index (χ1) is 10.2. The van der Waals surface area contributed by atoms with Gasteiger partial charge in [-0.15, -0.1) is 0 Å². The molecule has 1 aromatic carbocycles. The number of phenolic OH excluding ortho intramolecular Hbond substituents is 1. The van der Waals surface area contributed by atoms with Gasteiger partial charge < -0.3 is 24.8 Å². The van der Waals surface area contributed by atoms with Gasteiger partial charge in [0.25, 0.3) is 0 Å². The molecule has 0 unspecified atom stereocenters. The summed E-state index contributed by atoms with van der Waals surface area (Å²) in [6.45, 7) is 2.54. The van der Waals surface area contributed by atoms with Crippen LogP contribution in [0.5, 0.6) is 17.2 Å². The first-order valence-corrected chi connectivity index (χ1v) is 7.08. The van der Waals surface area contributed by atoms with Gasteiger partial charge in [-0.25, -0.2) is 0 Å². The maximum atomic E-state index is 11.9. The number of phenols is 1. The minimum atomic E-state index is -0.0168. The predicted molar refractivity (Wildman–Crippen MR) is 78.7 cm³/mol. The number of nitrogens with one attached hydrogen (secondary N) is 1. The molecule has 0 saturated carbocycles. The van der Waals surface area contributed by atoms with Crippen molar-refractivity contribution in [1.29, 1.82) is 0 Å². The van der Waals surface area contributed by atoms with E-state index < -0.39 is 0 Å². The lowest BCUT2D eigenvalue weighted by Gasteiger charge is -2.16. The van der Waals surface area contributed by atoms with E-state index in [1.54, 1.807) is 12.1 Å². The highest BCUT2D eigenvalue weighted by atomic mass is 16.5. The molecule has 1 heterocycles. The number of hydrogen-bond donors (Lipinski definition) is 2. The fraction of sp³-hybridized carbons (Fsp3) is 0.533. The Bertz CT molecular complexity index is 473. The lowest BCUT2D eigenvalue weighted by Crippen LogP contribution is -2.35. The van der Waals surface area contributed by atoms with E-state index >= 15 is 0 Å². The molecule has 2 rings (SSSR count). The lowest BCUT2D eigenvalue weighted by molar-refractivity contribution is -0.129. The van der Waals surface area contributed by atoms with E-state index in [-0.39, 0.29) is 11.7 Å². The van der Waals surface area contributed by atoms with Crippen LogP contribution in [0, 0.1) is 0 Å². The fourth-order valence-electron chi connectivity index (χ4n) is 2.44. The molecule has 0 spiro atoms. The van der Waals surface area contributed by atoms with Crippen LogP contribution in [-0.4, -0.2) is 49.8 Å². The van der Waals surface area contributed by atoms with Crippen LogP contribution in [0.25, 0.3) is 0 Å². The second-order valence-electron chi connectivity index (χ2n) is 5.04. The van der Waals surface area contributed by atoms with Crippen LogP contribution in [0.4, 0.5) is 0 Å². The van der Waals surface area contributed by atoms with E-state index in [0.717, 1.165) is 31.5 Å². The molecule has 116 valence electrons. The van der Waals surface area contributed by atoms with Gasteiger partial charge in [-0.3, -0.25) is 4.79 Å².